The summed E-state index contributed by atoms with van der Waals surface area (Å²) in [5.41, 5.74) is 20.2. The number of ketones is 3. The van der Waals surface area contributed by atoms with Crippen molar-refractivity contribution >= 4 is 52.4 Å². The van der Waals surface area contributed by atoms with Gasteiger partial charge in [-0.2, -0.15) is 21.0 Å². The number of aliphatic hydroxyl groups excluding tert-OH is 2. The lowest BCUT2D eigenvalue weighted by Crippen LogP contribution is -2.30. The maximum atomic E-state index is 11.9. The van der Waals surface area contributed by atoms with E-state index in [0.717, 1.165) is 36.0 Å². The first-order valence-corrected chi connectivity index (χ1v) is 30.3. The number of anilines is 1. The number of amides is 1. The minimum atomic E-state index is -0.297. The second kappa shape index (κ2) is 47.8. The number of nitrogen functional groups attached to an aromatic ring is 1. The van der Waals surface area contributed by atoms with Gasteiger partial charge in [0.2, 0.25) is 24.2 Å². The van der Waals surface area contributed by atoms with Crippen molar-refractivity contribution in [2.75, 3.05) is 32.0 Å². The first kappa shape index (κ1) is 85.0. The Kier molecular flexibility index (Phi) is 42.3. The zero-order chi connectivity index (χ0) is 72.5. The van der Waals surface area contributed by atoms with Crippen molar-refractivity contribution in [1.82, 2.24) is 35.9 Å². The van der Waals surface area contributed by atoms with Gasteiger partial charge in [-0.05, 0) is 147 Å². The van der Waals surface area contributed by atoms with Crippen LogP contribution in [0.15, 0.2) is 154 Å². The van der Waals surface area contributed by atoms with Gasteiger partial charge in [-0.25, -0.2) is 0 Å². The van der Waals surface area contributed by atoms with Gasteiger partial charge in [-0.15, -0.1) is 9.98 Å². The number of amidine groups is 2. The number of pyridine rings is 4. The number of hydrogen-bond acceptors (Lipinski definition) is 23. The topological polar surface area (TPSA) is 438 Å². The molecule has 2 aromatic carbocycles. The Morgan fingerprint density at radius 2 is 0.917 bits per heavy atom. The van der Waals surface area contributed by atoms with Gasteiger partial charge in [0, 0.05) is 105 Å². The molecule has 26 nitrogen and oxygen atoms in total. The number of para-hydroxylation sites is 2. The minimum Gasteiger partial charge on any atom is -0.443 e. The third-order valence-electron chi connectivity index (χ3n) is 12.5. The average molecular weight is 1310 g/mol. The number of aromatic nitrogens is 4. The van der Waals surface area contributed by atoms with E-state index in [0.29, 0.717) is 76.4 Å². The molecule has 0 saturated carbocycles. The molecule has 0 aliphatic heterocycles. The van der Waals surface area contributed by atoms with E-state index < -0.39 is 0 Å². The number of benzene rings is 2. The number of nitrogens with zero attached hydrogens (tertiary/aromatic N) is 12. The van der Waals surface area contributed by atoms with E-state index in [-0.39, 0.29) is 72.0 Å². The molecular weight excluding hydrogens is 1220 g/mol. The Bertz CT molecular complexity index is 3630. The SMILES string of the molecule is CC(=NC#N)Oc1ccccc1.CC(=O)c1cncc(CC(=NC#N)Oc2ccccc2)c1.CC(=O)c1cncc(N)c1.CCC(C)(C)N.CCC(C)(C)N=C(Cc1cncc(C(=O)NCCO)c1)NC#N.CCC(C)(C)N=C(Cc1cncc(C(C)=O)c1)NC#N.NCCO. The second-order valence-electron chi connectivity index (χ2n) is 22.4. The maximum absolute atomic E-state index is 11.9. The van der Waals surface area contributed by atoms with Crippen molar-refractivity contribution in [1.29, 1.82) is 21.0 Å². The lowest BCUT2D eigenvalue weighted by molar-refractivity contribution is 0.0942. The van der Waals surface area contributed by atoms with Crippen LogP contribution >= 0.6 is 0 Å². The molecule has 0 aliphatic carbocycles. The Balaban J connectivity index is 0.00000116. The maximum Gasteiger partial charge on any atom is 0.252 e. The van der Waals surface area contributed by atoms with Crippen molar-refractivity contribution in [3.63, 3.8) is 0 Å². The van der Waals surface area contributed by atoms with Crippen molar-refractivity contribution < 1.29 is 38.9 Å². The highest BCUT2D eigenvalue weighted by Gasteiger charge is 2.17. The predicted molar refractivity (Wildman–Crippen MR) is 374 cm³/mol. The molecule has 6 rings (SSSR count). The average Bonchev–Trinajstić information content (AvgIpc) is 0.968. The number of nitrogens with two attached hydrogens (primary N) is 3. The molecule has 0 spiro atoms. The summed E-state index contributed by atoms with van der Waals surface area (Å²) in [6.45, 7) is 24.8. The van der Waals surface area contributed by atoms with Crippen LogP contribution in [0.1, 0.15) is 167 Å². The third-order valence-corrected chi connectivity index (χ3v) is 12.5. The molecule has 11 N–H and O–H groups in total. The summed E-state index contributed by atoms with van der Waals surface area (Å²) in [5.74, 6) is 2.61. The molecule has 4 aromatic heterocycles. The van der Waals surface area contributed by atoms with Crippen LogP contribution < -0.4 is 42.6 Å². The van der Waals surface area contributed by atoms with Crippen molar-refractivity contribution in [2.45, 2.75) is 145 Å². The monoisotopic (exact) mass is 1310 g/mol. The molecule has 96 heavy (non-hydrogen) atoms. The molecule has 0 atom stereocenters. The number of aliphatic imine (C=N–C) groups is 4. The summed E-state index contributed by atoms with van der Waals surface area (Å²) in [6.07, 6.45) is 23.5. The molecule has 4 heterocycles. The van der Waals surface area contributed by atoms with E-state index in [1.165, 1.54) is 51.8 Å². The van der Waals surface area contributed by atoms with Gasteiger partial charge < -0.3 is 42.2 Å². The van der Waals surface area contributed by atoms with Gasteiger partial charge in [0.1, 0.15) is 23.2 Å². The fourth-order valence-electron chi connectivity index (χ4n) is 6.52. The van der Waals surface area contributed by atoms with Crippen LogP contribution in [-0.2, 0) is 19.3 Å². The van der Waals surface area contributed by atoms with Gasteiger partial charge in [0.25, 0.3) is 5.91 Å². The van der Waals surface area contributed by atoms with E-state index >= 15 is 0 Å². The number of carbonyl (C=O) groups is 4. The van der Waals surface area contributed by atoms with Crippen LogP contribution in [0.3, 0.4) is 0 Å². The molecule has 0 saturated heterocycles. The van der Waals surface area contributed by atoms with Crippen LogP contribution in [0.4, 0.5) is 5.69 Å². The molecule has 1 amide bonds. The van der Waals surface area contributed by atoms with Crippen molar-refractivity contribution in [3.8, 4) is 36.3 Å². The Hall–Kier alpha value is -11.0. The van der Waals surface area contributed by atoms with Crippen molar-refractivity contribution in [3.05, 3.63) is 173 Å². The fourth-order valence-corrected chi connectivity index (χ4v) is 6.52. The minimum absolute atomic E-state index is 0.0141. The summed E-state index contributed by atoms with van der Waals surface area (Å²) in [7, 11) is 0. The highest BCUT2D eigenvalue weighted by atomic mass is 16.5. The number of hydrogen-bond donors (Lipinski definition) is 8. The number of Topliss-reactive ketones (excluding diaryl/α,β-unsaturated/α-hetero) is 3. The number of aliphatic hydroxyl groups is 2. The number of nitriles is 4. The summed E-state index contributed by atoms with van der Waals surface area (Å²) in [5, 5.41) is 58.9. The first-order chi connectivity index (χ1) is 45.5. The smallest absolute Gasteiger partial charge is 0.252 e. The summed E-state index contributed by atoms with van der Waals surface area (Å²) < 4.78 is 10.8. The number of rotatable bonds is 20. The van der Waals surface area contributed by atoms with Crippen LogP contribution in [0.5, 0.6) is 11.5 Å². The number of carbonyl (C=O) groups excluding carboxylic acids is 4. The van der Waals surface area contributed by atoms with Gasteiger partial charge in [-0.3, -0.25) is 59.7 Å². The second-order valence-corrected chi connectivity index (χ2v) is 22.4. The van der Waals surface area contributed by atoms with Gasteiger partial charge in [0.15, 0.2) is 29.7 Å². The van der Waals surface area contributed by atoms with Crippen LogP contribution in [0.2, 0.25) is 0 Å². The predicted octanol–water partition coefficient (Wildman–Crippen LogP) is 9.18. The molecule has 0 fully saturated rings. The normalized spacial score (nSPS) is 11.0. The van der Waals surface area contributed by atoms with E-state index in [1.807, 2.05) is 104 Å². The Labute approximate surface area is 564 Å². The summed E-state index contributed by atoms with van der Waals surface area (Å²) in [6, 6.07) is 25.1. The van der Waals surface area contributed by atoms with Gasteiger partial charge in [-0.1, -0.05) is 57.2 Å². The van der Waals surface area contributed by atoms with Crippen molar-refractivity contribution in [2.24, 2.45) is 31.4 Å². The molecule has 510 valence electrons. The van der Waals surface area contributed by atoms with Crippen LogP contribution in [-0.4, -0.2) is 120 Å². The quantitative estimate of drug-likeness (QED) is 0.0116. The molecule has 6 aromatic rings. The fraction of sp³-hybridized carbons (Fsp3) is 0.371. The molecule has 0 aliphatic rings. The van der Waals surface area contributed by atoms with Gasteiger partial charge in [0.05, 0.1) is 42.0 Å². The Morgan fingerprint density at radius 1 is 0.542 bits per heavy atom. The number of nitrogens with one attached hydrogen (secondary N) is 3. The standard InChI is InChI=1S/C16H23N5O2.C16H13N3O2.C15H20N4O.C9H8N2O.C7H8N2O.C5H13N.C2H7NO/c1-4-16(2,3)21-14(20-11-17)8-12-7-13(10-18-9-12)15(23)19-5-6-22;1-12(20)14-7-13(9-18-10-14)8-16(19-11-17)21-15-5-3-2-4-6-15;1-5-15(3,4)19-14(18-10-16)7-12-6-13(11(2)20)9-17-8-12;1-8(11-7-10)12-9-5-3-2-4-6-9;1-5(10)6-2-7(8)4-9-3-6;1-4-5(2,3)6;3-1-2-4/h7,9-10,22H,4-6,8H2,1-3H3,(H,19,23)(H,20,21);2-7,9-10H,8H2,1H3;6,8-9H,5,7H2,1-4H3,(H,18,19);2-6H,1H3;2-4H,8H2,1H3;4,6H2,1-3H3;4H,1-3H2. The van der Waals surface area contributed by atoms with E-state index in [9.17, 15) is 19.2 Å². The lowest BCUT2D eigenvalue weighted by atomic mass is 10.0. The first-order valence-electron chi connectivity index (χ1n) is 30.3. The largest absolute Gasteiger partial charge is 0.443 e. The Morgan fingerprint density at radius 3 is 1.26 bits per heavy atom. The highest BCUT2D eigenvalue weighted by Crippen LogP contribution is 2.17. The lowest BCUT2D eigenvalue weighted by Gasteiger charge is -2.19. The van der Waals surface area contributed by atoms with E-state index in [1.54, 1.807) is 86.4 Å². The zero-order valence-corrected chi connectivity index (χ0v) is 57.2. The summed E-state index contributed by atoms with van der Waals surface area (Å²) >= 11 is 0. The molecule has 0 unspecified atom stereocenters. The molecule has 0 bridgehead atoms. The van der Waals surface area contributed by atoms with Crippen LogP contribution in [0.25, 0.3) is 0 Å². The van der Waals surface area contributed by atoms with E-state index in [4.69, 9.17) is 57.9 Å². The number of ether oxygens (including phenoxy) is 2. The highest BCUT2D eigenvalue weighted by molar-refractivity contribution is 5.96. The molecule has 26 heteroatoms. The summed E-state index contributed by atoms with van der Waals surface area (Å²) in [4.78, 5) is 77.4. The van der Waals surface area contributed by atoms with Crippen LogP contribution in [0, 0.1) is 45.8 Å². The van der Waals surface area contributed by atoms with E-state index in [2.05, 4.69) is 62.8 Å². The zero-order valence-electron chi connectivity index (χ0n) is 57.2. The third kappa shape index (κ3) is 40.8. The molecular formula is C70H92N18O8. The molecule has 0 radical (unpaired) electrons. The van der Waals surface area contributed by atoms with Gasteiger partial charge >= 0.3 is 0 Å².